The quantitative estimate of drug-likeness (QED) is 0.554. The summed E-state index contributed by atoms with van der Waals surface area (Å²) >= 11 is 0. The van der Waals surface area contributed by atoms with Crippen molar-refractivity contribution in [1.29, 1.82) is 0 Å². The molecule has 0 spiro atoms. The number of aromatic nitrogens is 3. The van der Waals surface area contributed by atoms with E-state index in [-0.39, 0.29) is 34.9 Å². The topological polar surface area (TPSA) is 157 Å². The van der Waals surface area contributed by atoms with Crippen molar-refractivity contribution in [3.05, 3.63) is 35.3 Å². The molecule has 34 heavy (non-hydrogen) atoms. The fourth-order valence-corrected chi connectivity index (χ4v) is 5.96. The van der Waals surface area contributed by atoms with Crippen LogP contribution >= 0.6 is 0 Å². The number of anilines is 3. The first-order valence-electron chi connectivity index (χ1n) is 11.8. The standard InChI is InChI=1S/C23H33N7O3S/c1-14(2)19-10-17(11-20(28-19)15-5-8-34(32,33)9-6-15)27-22-18(21(25)31)12-26-23(29-22)30-7-3-4-16(24)13-30/h10-12,14-16H,3-9,13,24H2,1-2H3,(H2,25,31)(H,26,27,28,29). The van der Waals surface area contributed by atoms with Gasteiger partial charge in [0.2, 0.25) is 5.95 Å². The van der Waals surface area contributed by atoms with Gasteiger partial charge in [0.05, 0.1) is 11.5 Å². The van der Waals surface area contributed by atoms with Crippen molar-refractivity contribution in [3.63, 3.8) is 0 Å². The van der Waals surface area contributed by atoms with E-state index in [1.165, 1.54) is 6.20 Å². The highest BCUT2D eigenvalue weighted by Crippen LogP contribution is 2.32. The number of nitrogens with two attached hydrogens (primary N) is 2. The summed E-state index contributed by atoms with van der Waals surface area (Å²) in [5.41, 5.74) is 14.4. The molecule has 0 bridgehead atoms. The first-order chi connectivity index (χ1) is 16.1. The third-order valence-corrected chi connectivity index (χ3v) is 8.19. The van der Waals surface area contributed by atoms with Crippen molar-refractivity contribution in [2.75, 3.05) is 34.8 Å². The van der Waals surface area contributed by atoms with Gasteiger partial charge in [-0.25, -0.2) is 13.4 Å². The molecule has 2 saturated heterocycles. The number of piperidine rings is 1. The van der Waals surface area contributed by atoms with Crippen LogP contribution in [-0.4, -0.2) is 59.9 Å². The van der Waals surface area contributed by atoms with Crippen molar-refractivity contribution in [2.45, 2.75) is 57.4 Å². The lowest BCUT2D eigenvalue weighted by molar-refractivity contribution is 0.100. The number of carbonyl (C=O) groups excluding carboxylic acids is 1. The molecule has 2 fully saturated rings. The largest absolute Gasteiger partial charge is 0.365 e. The van der Waals surface area contributed by atoms with Crippen LogP contribution in [0.15, 0.2) is 18.3 Å². The summed E-state index contributed by atoms with van der Waals surface area (Å²) in [5.74, 6) is 0.780. The third kappa shape index (κ3) is 5.64. The molecule has 1 unspecified atom stereocenters. The van der Waals surface area contributed by atoms with Gasteiger partial charge in [-0.3, -0.25) is 9.78 Å². The predicted octanol–water partition coefficient (Wildman–Crippen LogP) is 2.06. The maximum absolute atomic E-state index is 12.1. The Hall–Kier alpha value is -2.79. The summed E-state index contributed by atoms with van der Waals surface area (Å²) in [4.78, 5) is 27.9. The molecule has 0 radical (unpaired) electrons. The molecule has 2 aromatic heterocycles. The molecule has 10 nitrogen and oxygen atoms in total. The molecule has 1 atom stereocenters. The van der Waals surface area contributed by atoms with Gasteiger partial charge >= 0.3 is 0 Å². The normalized spacial score (nSPS) is 20.9. The minimum atomic E-state index is -2.97. The summed E-state index contributed by atoms with van der Waals surface area (Å²) in [6.07, 6.45) is 4.46. The maximum Gasteiger partial charge on any atom is 0.254 e. The molecule has 1 amide bonds. The molecule has 184 valence electrons. The molecule has 0 aromatic carbocycles. The van der Waals surface area contributed by atoms with Crippen molar-refractivity contribution < 1.29 is 13.2 Å². The molecule has 2 aliphatic rings. The number of pyridine rings is 1. The van der Waals surface area contributed by atoms with Crippen molar-refractivity contribution in [1.82, 2.24) is 15.0 Å². The summed E-state index contributed by atoms with van der Waals surface area (Å²) in [6.45, 7) is 5.55. The van der Waals surface area contributed by atoms with E-state index in [1.54, 1.807) is 0 Å². The van der Waals surface area contributed by atoms with Crippen LogP contribution in [0.5, 0.6) is 0 Å². The highest BCUT2D eigenvalue weighted by Gasteiger charge is 2.27. The molecular formula is C23H33N7O3S. The second kappa shape index (κ2) is 9.83. The van der Waals surface area contributed by atoms with Gasteiger partial charge in [0, 0.05) is 48.3 Å². The van der Waals surface area contributed by atoms with E-state index in [9.17, 15) is 13.2 Å². The number of hydrogen-bond acceptors (Lipinski definition) is 9. The fraction of sp³-hybridized carbons (Fsp3) is 0.565. The van der Waals surface area contributed by atoms with Crippen LogP contribution in [0.3, 0.4) is 0 Å². The number of nitrogens with one attached hydrogen (secondary N) is 1. The Morgan fingerprint density at radius 2 is 1.91 bits per heavy atom. The van der Waals surface area contributed by atoms with Crippen LogP contribution in [0.2, 0.25) is 0 Å². The van der Waals surface area contributed by atoms with Gasteiger partial charge < -0.3 is 21.7 Å². The molecule has 2 aromatic rings. The lowest BCUT2D eigenvalue weighted by atomic mass is 9.96. The average Bonchev–Trinajstić information content (AvgIpc) is 2.78. The van der Waals surface area contributed by atoms with Crippen LogP contribution in [0.25, 0.3) is 0 Å². The lowest BCUT2D eigenvalue weighted by Gasteiger charge is -2.31. The van der Waals surface area contributed by atoms with Crippen LogP contribution in [-0.2, 0) is 9.84 Å². The second-order valence-electron chi connectivity index (χ2n) is 9.56. The first-order valence-corrected chi connectivity index (χ1v) is 13.6. The number of carbonyl (C=O) groups is 1. The highest BCUT2D eigenvalue weighted by atomic mass is 32.2. The zero-order chi connectivity index (χ0) is 24.5. The van der Waals surface area contributed by atoms with E-state index in [4.69, 9.17) is 16.5 Å². The zero-order valence-corrected chi connectivity index (χ0v) is 20.5. The molecule has 0 saturated carbocycles. The number of hydrogen-bond donors (Lipinski definition) is 3. The Labute approximate surface area is 200 Å². The maximum atomic E-state index is 12.1. The summed E-state index contributed by atoms with van der Waals surface area (Å²) in [5, 5.41) is 3.27. The van der Waals surface area contributed by atoms with E-state index in [2.05, 4.69) is 29.1 Å². The molecule has 4 rings (SSSR count). The Balaban J connectivity index is 1.67. The summed E-state index contributed by atoms with van der Waals surface area (Å²) in [6, 6.07) is 3.90. The number of rotatable bonds is 6. The number of sulfone groups is 1. The van der Waals surface area contributed by atoms with Crippen LogP contribution in [0.1, 0.15) is 73.1 Å². The van der Waals surface area contributed by atoms with Gasteiger partial charge in [-0.1, -0.05) is 13.8 Å². The second-order valence-corrected chi connectivity index (χ2v) is 11.9. The number of nitrogens with zero attached hydrogens (tertiary/aromatic N) is 4. The minimum Gasteiger partial charge on any atom is -0.365 e. The van der Waals surface area contributed by atoms with E-state index in [1.807, 2.05) is 17.0 Å². The third-order valence-electron chi connectivity index (χ3n) is 6.47. The van der Waals surface area contributed by atoms with Gasteiger partial charge in [-0.15, -0.1) is 0 Å². The van der Waals surface area contributed by atoms with Crippen LogP contribution in [0, 0.1) is 0 Å². The fourth-order valence-electron chi connectivity index (χ4n) is 4.47. The van der Waals surface area contributed by atoms with Crippen LogP contribution in [0.4, 0.5) is 17.5 Å². The molecule has 2 aliphatic heterocycles. The van der Waals surface area contributed by atoms with Gasteiger partial charge in [0.1, 0.15) is 21.2 Å². The Bertz CT molecular complexity index is 1160. The predicted molar refractivity (Wildman–Crippen MR) is 132 cm³/mol. The van der Waals surface area contributed by atoms with Gasteiger partial charge in [-0.2, -0.15) is 4.98 Å². The van der Waals surface area contributed by atoms with Crippen molar-refractivity contribution >= 4 is 33.2 Å². The van der Waals surface area contributed by atoms with Gasteiger partial charge in [-0.05, 0) is 43.7 Å². The SMILES string of the molecule is CC(C)c1cc(Nc2nc(N3CCCC(N)C3)ncc2C(N)=O)cc(C2CCS(=O)(=O)CC2)n1. The van der Waals surface area contributed by atoms with Gasteiger partial charge in [0.15, 0.2) is 0 Å². The Kier molecular flexibility index (Phi) is 7.04. The first kappa shape index (κ1) is 24.3. The molecular weight excluding hydrogens is 454 g/mol. The Morgan fingerprint density at radius 1 is 1.18 bits per heavy atom. The van der Waals surface area contributed by atoms with E-state index in [0.717, 1.165) is 36.5 Å². The molecule has 4 heterocycles. The molecule has 0 aliphatic carbocycles. The van der Waals surface area contributed by atoms with E-state index >= 15 is 0 Å². The zero-order valence-electron chi connectivity index (χ0n) is 19.7. The smallest absolute Gasteiger partial charge is 0.254 e. The lowest BCUT2D eigenvalue weighted by Crippen LogP contribution is -2.43. The summed E-state index contributed by atoms with van der Waals surface area (Å²) < 4.78 is 23.8. The minimum absolute atomic E-state index is 0.0558. The van der Waals surface area contributed by atoms with E-state index < -0.39 is 15.7 Å². The monoisotopic (exact) mass is 487 g/mol. The van der Waals surface area contributed by atoms with Crippen LogP contribution < -0.4 is 21.7 Å². The Morgan fingerprint density at radius 3 is 2.56 bits per heavy atom. The number of amides is 1. The highest BCUT2D eigenvalue weighted by molar-refractivity contribution is 7.91. The summed E-state index contributed by atoms with van der Waals surface area (Å²) in [7, 11) is -2.97. The van der Waals surface area contributed by atoms with Gasteiger partial charge in [0.25, 0.3) is 5.91 Å². The number of primary amides is 1. The average molecular weight is 488 g/mol. The van der Waals surface area contributed by atoms with Crippen molar-refractivity contribution in [3.8, 4) is 0 Å². The molecule has 5 N–H and O–H groups in total. The van der Waals surface area contributed by atoms with Crippen molar-refractivity contribution in [2.24, 2.45) is 11.5 Å². The van der Waals surface area contributed by atoms with E-state index in [0.29, 0.717) is 31.2 Å². The molecule has 11 heteroatoms.